The lowest BCUT2D eigenvalue weighted by Crippen LogP contribution is -2.10. The Balaban J connectivity index is 2.58. The van der Waals surface area contributed by atoms with E-state index in [0.29, 0.717) is 23.1 Å². The van der Waals surface area contributed by atoms with Crippen LogP contribution in [0.25, 0.3) is 0 Å². The van der Waals surface area contributed by atoms with Crippen LogP contribution in [-0.4, -0.2) is 27.0 Å². The summed E-state index contributed by atoms with van der Waals surface area (Å²) in [6.07, 6.45) is 1.66. The fraction of sp³-hybridized carbons (Fsp3) is 0.400. The van der Waals surface area contributed by atoms with Crippen molar-refractivity contribution in [2.45, 2.75) is 6.42 Å². The molecule has 0 aliphatic heterocycles. The van der Waals surface area contributed by atoms with Gasteiger partial charge in [-0.2, -0.15) is 0 Å². The van der Waals surface area contributed by atoms with Crippen molar-refractivity contribution >= 4 is 43.1 Å². The normalized spacial score (nSPS) is 11.5. The van der Waals surface area contributed by atoms with E-state index in [0.717, 1.165) is 0 Å². The Kier molecular flexibility index (Phi) is 5.22. The van der Waals surface area contributed by atoms with Gasteiger partial charge in [0.2, 0.25) is 0 Å². The maximum atomic E-state index is 12.9. The maximum Gasteiger partial charge on any atom is 0.147 e. The minimum Gasteiger partial charge on any atom is -0.383 e. The molecule has 0 saturated heterocycles. The van der Waals surface area contributed by atoms with Gasteiger partial charge in [-0.05, 0) is 34.5 Å². The van der Waals surface area contributed by atoms with Crippen LogP contribution >= 0.6 is 27.5 Å². The van der Waals surface area contributed by atoms with Crippen LogP contribution in [0.2, 0.25) is 5.02 Å². The molecule has 0 spiro atoms. The Bertz CT molecular complexity index is 484. The van der Waals surface area contributed by atoms with Crippen molar-refractivity contribution < 1.29 is 12.8 Å². The van der Waals surface area contributed by atoms with Crippen LogP contribution in [0.4, 0.5) is 10.1 Å². The third-order valence-electron chi connectivity index (χ3n) is 2.00. The second kappa shape index (κ2) is 6.02. The highest BCUT2D eigenvalue weighted by Gasteiger charge is 2.08. The zero-order valence-corrected chi connectivity index (χ0v) is 12.3. The van der Waals surface area contributed by atoms with Crippen LogP contribution in [0.5, 0.6) is 0 Å². The van der Waals surface area contributed by atoms with E-state index in [9.17, 15) is 12.8 Å². The lowest BCUT2D eigenvalue weighted by Gasteiger charge is -2.10. The first kappa shape index (κ1) is 14.7. The number of hydrogen-bond acceptors (Lipinski definition) is 3. The van der Waals surface area contributed by atoms with E-state index >= 15 is 0 Å². The molecule has 1 aromatic carbocycles. The number of anilines is 1. The molecule has 0 atom stereocenters. The second-order valence-electron chi connectivity index (χ2n) is 3.65. The SMILES string of the molecule is CS(=O)(=O)CCCNc1c(Cl)cc(F)cc1Br. The molecule has 17 heavy (non-hydrogen) atoms. The van der Waals surface area contributed by atoms with Crippen molar-refractivity contribution in [3.05, 3.63) is 27.4 Å². The van der Waals surface area contributed by atoms with Gasteiger partial charge in [0.1, 0.15) is 15.7 Å². The molecule has 0 amide bonds. The van der Waals surface area contributed by atoms with Gasteiger partial charge >= 0.3 is 0 Å². The van der Waals surface area contributed by atoms with Crippen molar-refractivity contribution in [1.29, 1.82) is 0 Å². The summed E-state index contributed by atoms with van der Waals surface area (Å²) >= 11 is 9.04. The molecule has 0 unspecified atom stereocenters. The molecule has 3 nitrogen and oxygen atoms in total. The van der Waals surface area contributed by atoms with Crippen LogP contribution < -0.4 is 5.32 Å². The minimum absolute atomic E-state index is 0.108. The third kappa shape index (κ3) is 5.23. The van der Waals surface area contributed by atoms with Gasteiger partial charge in [-0.25, -0.2) is 12.8 Å². The van der Waals surface area contributed by atoms with E-state index in [1.54, 1.807) is 0 Å². The highest BCUT2D eigenvalue weighted by molar-refractivity contribution is 9.10. The molecule has 0 heterocycles. The van der Waals surface area contributed by atoms with E-state index in [1.165, 1.54) is 18.4 Å². The largest absolute Gasteiger partial charge is 0.383 e. The number of nitrogens with one attached hydrogen (secondary N) is 1. The number of halogens is 3. The fourth-order valence-electron chi connectivity index (χ4n) is 1.26. The maximum absolute atomic E-state index is 12.9. The molecule has 0 bridgehead atoms. The summed E-state index contributed by atoms with van der Waals surface area (Å²) in [6, 6.07) is 2.50. The number of rotatable bonds is 5. The Morgan fingerprint density at radius 2 is 2.12 bits per heavy atom. The molecule has 0 aliphatic carbocycles. The van der Waals surface area contributed by atoms with Crippen molar-refractivity contribution in [3.63, 3.8) is 0 Å². The average molecular weight is 345 g/mol. The molecule has 0 saturated carbocycles. The van der Waals surface area contributed by atoms with Crippen molar-refractivity contribution in [3.8, 4) is 0 Å². The Labute approximate surface area is 113 Å². The molecule has 7 heteroatoms. The summed E-state index contributed by atoms with van der Waals surface area (Å²) in [4.78, 5) is 0. The molecule has 0 aliphatic rings. The van der Waals surface area contributed by atoms with E-state index in [1.807, 2.05) is 0 Å². The lowest BCUT2D eigenvalue weighted by atomic mass is 10.3. The first-order valence-electron chi connectivity index (χ1n) is 4.86. The first-order chi connectivity index (χ1) is 7.79. The summed E-state index contributed by atoms with van der Waals surface area (Å²) < 4.78 is 35.3. The van der Waals surface area contributed by atoms with Crippen LogP contribution in [0.3, 0.4) is 0 Å². The van der Waals surface area contributed by atoms with Crippen molar-refractivity contribution in [2.75, 3.05) is 23.9 Å². The smallest absolute Gasteiger partial charge is 0.147 e. The molecule has 0 aromatic heterocycles. The third-order valence-corrected chi connectivity index (χ3v) is 3.95. The summed E-state index contributed by atoms with van der Waals surface area (Å²) in [6.45, 7) is 0.455. The summed E-state index contributed by atoms with van der Waals surface area (Å²) in [5, 5.41) is 3.23. The van der Waals surface area contributed by atoms with E-state index < -0.39 is 15.7 Å². The van der Waals surface area contributed by atoms with Gasteiger partial charge in [0, 0.05) is 17.3 Å². The zero-order valence-electron chi connectivity index (χ0n) is 9.13. The fourth-order valence-corrected chi connectivity index (χ4v) is 2.89. The van der Waals surface area contributed by atoms with Crippen molar-refractivity contribution in [1.82, 2.24) is 0 Å². The van der Waals surface area contributed by atoms with Gasteiger partial charge in [0.05, 0.1) is 16.5 Å². The Morgan fingerprint density at radius 1 is 1.47 bits per heavy atom. The number of benzene rings is 1. The molecule has 1 N–H and O–H groups in total. The predicted octanol–water partition coefficient (Wildman–Crippen LogP) is 3.09. The summed E-state index contributed by atoms with van der Waals surface area (Å²) in [7, 11) is -2.95. The average Bonchev–Trinajstić information content (AvgIpc) is 2.13. The van der Waals surface area contributed by atoms with Gasteiger partial charge < -0.3 is 5.32 Å². The van der Waals surface area contributed by atoms with E-state index in [4.69, 9.17) is 11.6 Å². The Morgan fingerprint density at radius 3 is 2.65 bits per heavy atom. The van der Waals surface area contributed by atoms with Gasteiger partial charge in [-0.1, -0.05) is 11.6 Å². The van der Waals surface area contributed by atoms with Crippen LogP contribution in [0, 0.1) is 5.82 Å². The second-order valence-corrected chi connectivity index (χ2v) is 7.18. The highest BCUT2D eigenvalue weighted by atomic mass is 79.9. The standard InChI is InChI=1S/C10H12BrClFNO2S/c1-17(15,16)4-2-3-14-10-8(11)5-7(13)6-9(10)12/h5-6,14H,2-4H2,1H3. The van der Waals surface area contributed by atoms with Gasteiger partial charge in [-0.3, -0.25) is 0 Å². The summed E-state index contributed by atoms with van der Waals surface area (Å²) in [5.41, 5.74) is 0.571. The topological polar surface area (TPSA) is 46.2 Å². The van der Waals surface area contributed by atoms with Crippen molar-refractivity contribution in [2.24, 2.45) is 0 Å². The van der Waals surface area contributed by atoms with Gasteiger partial charge in [0.15, 0.2) is 0 Å². The molecular formula is C10H12BrClFNO2S. The van der Waals surface area contributed by atoms with E-state index in [2.05, 4.69) is 21.2 Å². The molecule has 96 valence electrons. The molecular weight excluding hydrogens is 333 g/mol. The molecule has 1 rings (SSSR count). The first-order valence-corrected chi connectivity index (χ1v) is 8.09. The number of sulfone groups is 1. The molecule has 0 fully saturated rings. The van der Waals surface area contributed by atoms with Gasteiger partial charge in [-0.15, -0.1) is 0 Å². The quantitative estimate of drug-likeness (QED) is 0.835. The Hall–Kier alpha value is -0.330. The van der Waals surface area contributed by atoms with Crippen LogP contribution in [-0.2, 0) is 9.84 Å². The lowest BCUT2D eigenvalue weighted by molar-refractivity contribution is 0.600. The van der Waals surface area contributed by atoms with E-state index in [-0.39, 0.29) is 10.8 Å². The van der Waals surface area contributed by atoms with Crippen LogP contribution in [0.1, 0.15) is 6.42 Å². The monoisotopic (exact) mass is 343 g/mol. The molecule has 0 radical (unpaired) electrons. The summed E-state index contributed by atoms with van der Waals surface area (Å²) in [5.74, 6) is -0.320. The van der Waals surface area contributed by atoms with Gasteiger partial charge in [0.25, 0.3) is 0 Å². The zero-order chi connectivity index (χ0) is 13.1. The minimum atomic E-state index is -2.95. The highest BCUT2D eigenvalue weighted by Crippen LogP contribution is 2.31. The number of hydrogen-bond donors (Lipinski definition) is 1. The predicted molar refractivity (Wildman–Crippen MR) is 71.9 cm³/mol. The van der Waals surface area contributed by atoms with Crippen LogP contribution in [0.15, 0.2) is 16.6 Å². The molecule has 1 aromatic rings.